The van der Waals surface area contributed by atoms with E-state index in [1.165, 1.54) is 4.70 Å². The molecule has 4 nitrogen and oxygen atoms in total. The number of fused-ring (bicyclic) bond motifs is 3. The normalized spacial score (nSPS) is 11.4. The predicted octanol–water partition coefficient (Wildman–Crippen LogP) is 2.74. The standard InChI is InChI=1S/C17H20N2O2S/c1-11-10-13(19(6-8-20)7-9-21)17-15(16(11)18)12-4-2-3-5-14(12)22-17/h2-5,10,20-21H,6-9,18H2,1H3. The maximum absolute atomic E-state index is 9.32. The van der Waals surface area contributed by atoms with Gasteiger partial charge in [0.1, 0.15) is 0 Å². The molecule has 2 aromatic carbocycles. The number of hydrogen-bond acceptors (Lipinski definition) is 5. The van der Waals surface area contributed by atoms with Gasteiger partial charge >= 0.3 is 0 Å². The summed E-state index contributed by atoms with van der Waals surface area (Å²) in [4.78, 5) is 2.02. The molecule has 3 rings (SSSR count). The molecule has 0 aliphatic heterocycles. The van der Waals surface area contributed by atoms with Crippen LogP contribution in [0.15, 0.2) is 30.3 Å². The van der Waals surface area contributed by atoms with Crippen molar-refractivity contribution < 1.29 is 10.2 Å². The Balaban J connectivity index is 2.32. The lowest BCUT2D eigenvalue weighted by Crippen LogP contribution is -2.29. The number of nitrogen functional groups attached to an aromatic ring is 1. The number of rotatable bonds is 5. The zero-order valence-corrected chi connectivity index (χ0v) is 13.4. The van der Waals surface area contributed by atoms with E-state index in [1.54, 1.807) is 11.3 Å². The van der Waals surface area contributed by atoms with Crippen LogP contribution in [0.1, 0.15) is 5.56 Å². The van der Waals surface area contributed by atoms with Gasteiger partial charge in [-0.25, -0.2) is 0 Å². The molecule has 0 spiro atoms. The van der Waals surface area contributed by atoms with Crippen LogP contribution in [0.5, 0.6) is 0 Å². The molecule has 5 heteroatoms. The highest BCUT2D eigenvalue weighted by atomic mass is 32.1. The fraction of sp³-hybridized carbons (Fsp3) is 0.294. The smallest absolute Gasteiger partial charge is 0.0609 e. The van der Waals surface area contributed by atoms with Crippen LogP contribution in [0.3, 0.4) is 0 Å². The quantitative estimate of drug-likeness (QED) is 0.633. The summed E-state index contributed by atoms with van der Waals surface area (Å²) in [6.45, 7) is 3.09. The third kappa shape index (κ3) is 2.41. The van der Waals surface area contributed by atoms with E-state index in [-0.39, 0.29) is 13.2 Å². The Morgan fingerprint density at radius 1 is 1.14 bits per heavy atom. The molecule has 0 aliphatic rings. The van der Waals surface area contributed by atoms with Crippen molar-refractivity contribution in [2.75, 3.05) is 36.9 Å². The van der Waals surface area contributed by atoms with Crippen LogP contribution < -0.4 is 10.6 Å². The number of aliphatic hydroxyl groups excluding tert-OH is 2. The molecule has 3 aromatic rings. The molecule has 4 N–H and O–H groups in total. The number of thiophene rings is 1. The van der Waals surface area contributed by atoms with Crippen molar-refractivity contribution in [2.45, 2.75) is 6.92 Å². The lowest BCUT2D eigenvalue weighted by molar-refractivity contribution is 0.281. The number of aliphatic hydroxyl groups is 2. The van der Waals surface area contributed by atoms with Gasteiger partial charge < -0.3 is 20.8 Å². The van der Waals surface area contributed by atoms with E-state index in [0.29, 0.717) is 13.1 Å². The number of anilines is 2. The minimum absolute atomic E-state index is 0.0514. The van der Waals surface area contributed by atoms with Gasteiger partial charge in [0, 0.05) is 34.2 Å². The average Bonchev–Trinajstić information content (AvgIpc) is 2.90. The third-order valence-corrected chi connectivity index (χ3v) is 5.15. The van der Waals surface area contributed by atoms with E-state index in [9.17, 15) is 10.2 Å². The lowest BCUT2D eigenvalue weighted by atomic mass is 10.1. The summed E-state index contributed by atoms with van der Waals surface area (Å²) < 4.78 is 2.31. The van der Waals surface area contributed by atoms with E-state index in [1.807, 2.05) is 24.0 Å². The summed E-state index contributed by atoms with van der Waals surface area (Å²) in [5.41, 5.74) is 9.20. The van der Waals surface area contributed by atoms with Gasteiger partial charge in [0.05, 0.1) is 23.6 Å². The number of benzene rings is 2. The molecule has 0 amide bonds. The summed E-state index contributed by atoms with van der Waals surface area (Å²) in [6, 6.07) is 10.3. The van der Waals surface area contributed by atoms with E-state index in [2.05, 4.69) is 18.2 Å². The van der Waals surface area contributed by atoms with Crippen molar-refractivity contribution >= 4 is 42.9 Å². The molecule has 0 fully saturated rings. The van der Waals surface area contributed by atoms with E-state index < -0.39 is 0 Å². The first-order valence-electron chi connectivity index (χ1n) is 7.34. The molecule has 0 aliphatic carbocycles. The van der Waals surface area contributed by atoms with Crippen molar-refractivity contribution in [2.24, 2.45) is 0 Å². The average molecular weight is 316 g/mol. The van der Waals surface area contributed by atoms with Crippen molar-refractivity contribution in [3.63, 3.8) is 0 Å². The number of nitrogens with zero attached hydrogens (tertiary/aromatic N) is 1. The monoisotopic (exact) mass is 316 g/mol. The fourth-order valence-corrected chi connectivity index (χ4v) is 4.13. The Morgan fingerprint density at radius 2 is 1.82 bits per heavy atom. The summed E-state index contributed by atoms with van der Waals surface area (Å²) in [7, 11) is 0. The van der Waals surface area contributed by atoms with Gasteiger partial charge in [0.25, 0.3) is 0 Å². The second-order valence-corrected chi connectivity index (χ2v) is 6.42. The summed E-state index contributed by atoms with van der Waals surface area (Å²) in [5, 5.41) is 20.9. The molecule has 0 saturated heterocycles. The molecule has 1 aromatic heterocycles. The summed E-state index contributed by atoms with van der Waals surface area (Å²) in [5.74, 6) is 0. The first-order chi connectivity index (χ1) is 10.7. The van der Waals surface area contributed by atoms with Crippen LogP contribution in [0, 0.1) is 6.92 Å². The van der Waals surface area contributed by atoms with E-state index in [0.717, 1.165) is 32.4 Å². The predicted molar refractivity (Wildman–Crippen MR) is 94.9 cm³/mol. The first kappa shape index (κ1) is 15.1. The summed E-state index contributed by atoms with van der Waals surface area (Å²) in [6.07, 6.45) is 0. The minimum atomic E-state index is 0.0514. The Hall–Kier alpha value is -1.82. The minimum Gasteiger partial charge on any atom is -0.398 e. The fourth-order valence-electron chi connectivity index (χ4n) is 2.87. The highest BCUT2D eigenvalue weighted by molar-refractivity contribution is 7.26. The number of nitrogens with two attached hydrogens (primary N) is 1. The second kappa shape index (κ2) is 6.12. The number of hydrogen-bond donors (Lipinski definition) is 3. The molecule has 1 heterocycles. The zero-order valence-electron chi connectivity index (χ0n) is 12.5. The zero-order chi connectivity index (χ0) is 15.7. The van der Waals surface area contributed by atoms with Crippen molar-refractivity contribution in [1.29, 1.82) is 0 Å². The van der Waals surface area contributed by atoms with Crippen molar-refractivity contribution in [3.05, 3.63) is 35.9 Å². The highest BCUT2D eigenvalue weighted by Crippen LogP contribution is 2.43. The maximum Gasteiger partial charge on any atom is 0.0609 e. The SMILES string of the molecule is Cc1cc(N(CCO)CCO)c2sc3ccccc3c2c1N. The largest absolute Gasteiger partial charge is 0.398 e. The molecule has 0 bridgehead atoms. The number of aryl methyl sites for hydroxylation is 1. The van der Waals surface area contributed by atoms with Gasteiger partial charge in [-0.3, -0.25) is 0 Å². The Labute approximate surface area is 133 Å². The maximum atomic E-state index is 9.32. The molecular weight excluding hydrogens is 296 g/mol. The van der Waals surface area contributed by atoms with Crippen molar-refractivity contribution in [1.82, 2.24) is 0 Å². The molecule has 0 saturated carbocycles. The van der Waals surface area contributed by atoms with Gasteiger partial charge in [-0.2, -0.15) is 0 Å². The Morgan fingerprint density at radius 3 is 2.50 bits per heavy atom. The molecule has 0 atom stereocenters. The van der Waals surface area contributed by atoms with Crippen LogP contribution in [0.2, 0.25) is 0 Å². The van der Waals surface area contributed by atoms with E-state index in [4.69, 9.17) is 5.73 Å². The highest BCUT2D eigenvalue weighted by Gasteiger charge is 2.17. The van der Waals surface area contributed by atoms with E-state index >= 15 is 0 Å². The third-order valence-electron chi connectivity index (χ3n) is 3.96. The second-order valence-electron chi connectivity index (χ2n) is 5.36. The van der Waals surface area contributed by atoms with Crippen LogP contribution in [-0.4, -0.2) is 36.5 Å². The molecule has 116 valence electrons. The van der Waals surface area contributed by atoms with Crippen LogP contribution >= 0.6 is 11.3 Å². The summed E-state index contributed by atoms with van der Waals surface area (Å²) >= 11 is 1.71. The van der Waals surface area contributed by atoms with Crippen LogP contribution in [0.4, 0.5) is 11.4 Å². The Kier molecular flexibility index (Phi) is 4.20. The molecule has 0 unspecified atom stereocenters. The van der Waals surface area contributed by atoms with Gasteiger partial charge in [-0.05, 0) is 24.6 Å². The van der Waals surface area contributed by atoms with Crippen molar-refractivity contribution in [3.8, 4) is 0 Å². The van der Waals surface area contributed by atoms with Gasteiger partial charge in [-0.15, -0.1) is 11.3 Å². The van der Waals surface area contributed by atoms with Gasteiger partial charge in [0.2, 0.25) is 0 Å². The topological polar surface area (TPSA) is 69.7 Å². The molecule has 22 heavy (non-hydrogen) atoms. The van der Waals surface area contributed by atoms with Crippen LogP contribution in [0.25, 0.3) is 20.2 Å². The molecule has 0 radical (unpaired) electrons. The lowest BCUT2D eigenvalue weighted by Gasteiger charge is -2.24. The van der Waals surface area contributed by atoms with Gasteiger partial charge in [0.15, 0.2) is 0 Å². The first-order valence-corrected chi connectivity index (χ1v) is 8.16. The van der Waals surface area contributed by atoms with Crippen LogP contribution in [-0.2, 0) is 0 Å². The Bertz CT molecular complexity index is 807. The molecular formula is C17H20N2O2S. The van der Waals surface area contributed by atoms with Gasteiger partial charge in [-0.1, -0.05) is 18.2 Å².